The molecular formula is C12H22Cl2N6S. The third kappa shape index (κ3) is 4.88. The average Bonchev–Trinajstić information content (AvgIpc) is 2.96. The first-order valence-corrected chi connectivity index (χ1v) is 7.34. The van der Waals surface area contributed by atoms with E-state index in [4.69, 9.17) is 5.73 Å². The summed E-state index contributed by atoms with van der Waals surface area (Å²) in [5.74, 6) is 1.77. The summed E-state index contributed by atoms with van der Waals surface area (Å²) < 4.78 is 4.18. The lowest BCUT2D eigenvalue weighted by Crippen LogP contribution is -2.08. The van der Waals surface area contributed by atoms with E-state index in [0.29, 0.717) is 12.6 Å². The summed E-state index contributed by atoms with van der Waals surface area (Å²) in [4.78, 5) is 4.20. The molecular weight excluding hydrogens is 331 g/mol. The molecule has 0 aliphatic rings. The second kappa shape index (κ2) is 9.30. The Labute approximate surface area is 141 Å². The highest BCUT2D eigenvalue weighted by Gasteiger charge is 2.11. The Morgan fingerprint density at radius 3 is 2.62 bits per heavy atom. The van der Waals surface area contributed by atoms with E-state index in [-0.39, 0.29) is 24.8 Å². The molecule has 2 aromatic heterocycles. The van der Waals surface area contributed by atoms with Gasteiger partial charge in [-0.2, -0.15) is 0 Å². The molecule has 2 heterocycles. The second-order valence-electron chi connectivity index (χ2n) is 4.67. The van der Waals surface area contributed by atoms with Crippen molar-refractivity contribution < 1.29 is 0 Å². The Morgan fingerprint density at radius 1 is 1.29 bits per heavy atom. The van der Waals surface area contributed by atoms with Gasteiger partial charge in [0.05, 0.1) is 6.33 Å². The van der Waals surface area contributed by atoms with Crippen molar-refractivity contribution >= 4 is 36.6 Å². The Morgan fingerprint density at radius 2 is 2.00 bits per heavy atom. The third-order valence-electron chi connectivity index (χ3n) is 2.94. The molecule has 0 unspecified atom stereocenters. The van der Waals surface area contributed by atoms with Crippen molar-refractivity contribution in [1.29, 1.82) is 0 Å². The lowest BCUT2D eigenvalue weighted by molar-refractivity contribution is 0.583. The predicted molar refractivity (Wildman–Crippen MR) is 90.4 cm³/mol. The molecule has 0 radical (unpaired) electrons. The average molecular weight is 353 g/mol. The van der Waals surface area contributed by atoms with Crippen LogP contribution in [-0.4, -0.2) is 30.9 Å². The summed E-state index contributed by atoms with van der Waals surface area (Å²) in [5.41, 5.74) is 6.74. The standard InChI is InChI=1S/C12H20N6S.2ClH/c1-9(2)18-8-14-6-10(18)7-19-12-16-15-11(4-5-13)17(12)3;;/h6,8-9H,4-5,7,13H2,1-3H3;2*1H. The van der Waals surface area contributed by atoms with Gasteiger partial charge in [0, 0.05) is 37.2 Å². The Bertz CT molecular complexity index is 540. The highest BCUT2D eigenvalue weighted by molar-refractivity contribution is 7.98. The molecule has 0 aromatic carbocycles. The van der Waals surface area contributed by atoms with Gasteiger partial charge in [0.25, 0.3) is 0 Å². The number of thioether (sulfide) groups is 1. The number of aromatic nitrogens is 5. The zero-order valence-electron chi connectivity index (χ0n) is 12.4. The maximum Gasteiger partial charge on any atom is 0.191 e. The fourth-order valence-corrected chi connectivity index (χ4v) is 2.76. The fourth-order valence-electron chi connectivity index (χ4n) is 1.86. The molecule has 6 nitrogen and oxygen atoms in total. The Hall–Kier alpha value is -0.760. The van der Waals surface area contributed by atoms with E-state index in [9.17, 15) is 0 Å². The molecule has 21 heavy (non-hydrogen) atoms. The number of hydrogen-bond donors (Lipinski definition) is 1. The van der Waals surface area contributed by atoms with E-state index in [0.717, 1.165) is 23.2 Å². The molecule has 9 heteroatoms. The van der Waals surface area contributed by atoms with Gasteiger partial charge in [0.1, 0.15) is 5.82 Å². The van der Waals surface area contributed by atoms with Crippen LogP contribution >= 0.6 is 36.6 Å². The van der Waals surface area contributed by atoms with Crippen molar-refractivity contribution in [2.45, 2.75) is 37.2 Å². The molecule has 0 bridgehead atoms. The van der Waals surface area contributed by atoms with Crippen molar-refractivity contribution in [3.63, 3.8) is 0 Å². The normalized spacial score (nSPS) is 10.3. The molecule has 0 aliphatic heterocycles. The minimum absolute atomic E-state index is 0. The number of rotatable bonds is 6. The highest BCUT2D eigenvalue weighted by Crippen LogP contribution is 2.22. The van der Waals surface area contributed by atoms with Crippen molar-refractivity contribution in [2.24, 2.45) is 12.8 Å². The quantitative estimate of drug-likeness (QED) is 0.806. The van der Waals surface area contributed by atoms with Crippen molar-refractivity contribution in [3.05, 3.63) is 24.0 Å². The van der Waals surface area contributed by atoms with Crippen LogP contribution in [0.25, 0.3) is 0 Å². The number of imidazole rings is 1. The minimum atomic E-state index is 0. The summed E-state index contributed by atoms with van der Waals surface area (Å²) in [7, 11) is 1.98. The molecule has 0 aliphatic carbocycles. The van der Waals surface area contributed by atoms with Crippen LogP contribution < -0.4 is 5.73 Å². The molecule has 2 N–H and O–H groups in total. The molecule has 0 saturated heterocycles. The van der Waals surface area contributed by atoms with Crippen LogP contribution in [0.1, 0.15) is 31.4 Å². The summed E-state index contributed by atoms with van der Waals surface area (Å²) in [6.07, 6.45) is 4.54. The van der Waals surface area contributed by atoms with Crippen molar-refractivity contribution in [1.82, 2.24) is 24.3 Å². The zero-order valence-corrected chi connectivity index (χ0v) is 14.8. The van der Waals surface area contributed by atoms with E-state index in [1.165, 1.54) is 5.69 Å². The lowest BCUT2D eigenvalue weighted by Gasteiger charge is -2.11. The van der Waals surface area contributed by atoms with Gasteiger partial charge in [-0.1, -0.05) is 11.8 Å². The van der Waals surface area contributed by atoms with Gasteiger partial charge < -0.3 is 14.9 Å². The molecule has 0 amide bonds. The van der Waals surface area contributed by atoms with Crippen LogP contribution in [-0.2, 0) is 19.2 Å². The molecule has 2 aromatic rings. The zero-order chi connectivity index (χ0) is 13.8. The maximum atomic E-state index is 5.54. The van der Waals surface area contributed by atoms with Gasteiger partial charge in [-0.15, -0.1) is 35.0 Å². The van der Waals surface area contributed by atoms with Crippen LogP contribution in [0.5, 0.6) is 0 Å². The monoisotopic (exact) mass is 352 g/mol. The first-order valence-electron chi connectivity index (χ1n) is 6.35. The van der Waals surface area contributed by atoms with Crippen molar-refractivity contribution in [2.75, 3.05) is 6.54 Å². The van der Waals surface area contributed by atoms with Crippen molar-refractivity contribution in [3.8, 4) is 0 Å². The summed E-state index contributed by atoms with van der Waals surface area (Å²) in [6, 6.07) is 0.422. The van der Waals surface area contributed by atoms with Crippen LogP contribution in [0.15, 0.2) is 17.7 Å². The van der Waals surface area contributed by atoms with Crippen LogP contribution in [0, 0.1) is 0 Å². The molecule has 0 fully saturated rings. The highest BCUT2D eigenvalue weighted by atomic mass is 35.5. The number of hydrogen-bond acceptors (Lipinski definition) is 5. The third-order valence-corrected chi connectivity index (χ3v) is 4.00. The molecule has 0 spiro atoms. The lowest BCUT2D eigenvalue weighted by atomic mass is 10.4. The van der Waals surface area contributed by atoms with Crippen LogP contribution in [0.4, 0.5) is 0 Å². The smallest absolute Gasteiger partial charge is 0.191 e. The van der Waals surface area contributed by atoms with Crippen LogP contribution in [0.2, 0.25) is 0 Å². The van der Waals surface area contributed by atoms with Crippen LogP contribution in [0.3, 0.4) is 0 Å². The van der Waals surface area contributed by atoms with Gasteiger partial charge in [0.15, 0.2) is 5.16 Å². The number of nitrogens with zero attached hydrogens (tertiary/aromatic N) is 5. The van der Waals surface area contributed by atoms with E-state index in [1.807, 2.05) is 24.1 Å². The molecule has 0 saturated carbocycles. The predicted octanol–water partition coefficient (Wildman–Crippen LogP) is 2.23. The van der Waals surface area contributed by atoms with E-state index >= 15 is 0 Å². The van der Waals surface area contributed by atoms with Gasteiger partial charge in [0.2, 0.25) is 0 Å². The Balaban J connectivity index is 0.00000200. The van der Waals surface area contributed by atoms with Gasteiger partial charge >= 0.3 is 0 Å². The SMILES string of the molecule is CC(C)n1cncc1CSc1nnc(CCN)n1C.Cl.Cl. The second-order valence-corrected chi connectivity index (χ2v) is 5.61. The summed E-state index contributed by atoms with van der Waals surface area (Å²) in [5, 5.41) is 9.27. The summed E-state index contributed by atoms with van der Waals surface area (Å²) in [6.45, 7) is 4.89. The number of nitrogens with two attached hydrogens (primary N) is 1. The van der Waals surface area contributed by atoms with Gasteiger partial charge in [-0.25, -0.2) is 4.98 Å². The first-order chi connectivity index (χ1) is 9.13. The molecule has 0 atom stereocenters. The fraction of sp³-hybridized carbons (Fsp3) is 0.583. The summed E-state index contributed by atoms with van der Waals surface area (Å²) >= 11 is 1.67. The van der Waals surface area contributed by atoms with E-state index < -0.39 is 0 Å². The van der Waals surface area contributed by atoms with Gasteiger partial charge in [-0.3, -0.25) is 0 Å². The van der Waals surface area contributed by atoms with E-state index in [1.54, 1.807) is 11.8 Å². The molecule has 120 valence electrons. The van der Waals surface area contributed by atoms with E-state index in [2.05, 4.69) is 33.6 Å². The maximum absolute atomic E-state index is 5.54. The first kappa shape index (κ1) is 20.2. The molecule has 2 rings (SSSR count). The topological polar surface area (TPSA) is 74.6 Å². The Kier molecular flexibility index (Phi) is 8.96. The largest absolute Gasteiger partial charge is 0.331 e. The van der Waals surface area contributed by atoms with Gasteiger partial charge in [-0.05, 0) is 20.4 Å². The number of halogens is 2. The minimum Gasteiger partial charge on any atom is -0.331 e.